The van der Waals surface area contributed by atoms with Gasteiger partial charge in [-0.15, -0.1) is 0 Å². The number of aromatic nitrogens is 1. The Balaban J connectivity index is 1.53. The van der Waals surface area contributed by atoms with E-state index in [4.69, 9.17) is 4.98 Å². The Morgan fingerprint density at radius 2 is 1.30 bits per heavy atom. The van der Waals surface area contributed by atoms with E-state index < -0.39 is 0 Å². The van der Waals surface area contributed by atoms with Gasteiger partial charge in [-0.05, 0) is 62.0 Å². The van der Waals surface area contributed by atoms with Crippen molar-refractivity contribution in [2.24, 2.45) is 5.92 Å². The van der Waals surface area contributed by atoms with Gasteiger partial charge in [0, 0.05) is 11.6 Å². The van der Waals surface area contributed by atoms with Gasteiger partial charge >= 0.3 is 0 Å². The highest BCUT2D eigenvalue weighted by Gasteiger charge is 2.27. The topological polar surface area (TPSA) is 42.0 Å². The molecule has 2 saturated carbocycles. The average molecular weight is 411 g/mol. The third-order valence-electron chi connectivity index (χ3n) is 7.90. The highest BCUT2D eigenvalue weighted by molar-refractivity contribution is 5.93. The Bertz CT molecular complexity index is 680. The summed E-state index contributed by atoms with van der Waals surface area (Å²) in [4.78, 5) is 18.2. The number of carbonyl (C=O) groups excluding carboxylic acids is 1. The van der Waals surface area contributed by atoms with E-state index in [2.05, 4.69) is 5.32 Å². The third-order valence-corrected chi connectivity index (χ3v) is 7.90. The van der Waals surface area contributed by atoms with Crippen molar-refractivity contribution in [2.75, 3.05) is 5.32 Å². The number of hydrogen-bond donors (Lipinski definition) is 1. The molecule has 1 amide bonds. The van der Waals surface area contributed by atoms with Crippen LogP contribution in [0.2, 0.25) is 0 Å². The lowest BCUT2D eigenvalue weighted by atomic mass is 9.82. The quantitative estimate of drug-likeness (QED) is 0.561. The maximum absolute atomic E-state index is 13.3. The van der Waals surface area contributed by atoms with Crippen LogP contribution in [-0.4, -0.2) is 10.9 Å². The Morgan fingerprint density at radius 3 is 1.93 bits per heavy atom. The summed E-state index contributed by atoms with van der Waals surface area (Å²) in [6, 6.07) is 0. The smallest absolute Gasteiger partial charge is 0.227 e. The molecule has 0 aromatic carbocycles. The first-order chi connectivity index (χ1) is 14.8. The molecule has 4 rings (SSSR count). The molecule has 3 heteroatoms. The normalized spacial score (nSPS) is 22.7. The maximum Gasteiger partial charge on any atom is 0.227 e. The SMILES string of the molecule is O=C(Nc1cnc2c(c1C1CCCCCCC1)CCC2)C1CCCCCCCCC1. The Labute approximate surface area is 183 Å². The summed E-state index contributed by atoms with van der Waals surface area (Å²) < 4.78 is 0. The molecule has 1 N–H and O–H groups in total. The fourth-order valence-electron chi connectivity index (χ4n) is 6.15. The second-order valence-electron chi connectivity index (χ2n) is 10.1. The van der Waals surface area contributed by atoms with Crippen LogP contribution in [0.5, 0.6) is 0 Å². The molecule has 166 valence electrons. The molecule has 0 spiro atoms. The maximum atomic E-state index is 13.3. The molecule has 0 radical (unpaired) electrons. The molecule has 0 atom stereocenters. The van der Waals surface area contributed by atoms with E-state index in [0.717, 1.165) is 31.4 Å². The molecule has 1 aromatic rings. The average Bonchev–Trinajstić information content (AvgIpc) is 3.21. The number of fused-ring (bicyclic) bond motifs is 1. The van der Waals surface area contributed by atoms with Crippen LogP contribution >= 0.6 is 0 Å². The third kappa shape index (κ3) is 5.65. The molecule has 1 heterocycles. The number of aryl methyl sites for hydroxylation is 1. The minimum Gasteiger partial charge on any atom is -0.324 e. The molecule has 3 aliphatic carbocycles. The Kier molecular flexibility index (Phi) is 8.22. The van der Waals surface area contributed by atoms with Gasteiger partial charge in [0.25, 0.3) is 0 Å². The van der Waals surface area contributed by atoms with Crippen LogP contribution in [0.4, 0.5) is 5.69 Å². The minimum absolute atomic E-state index is 0.182. The molecular formula is C27H42N2O. The van der Waals surface area contributed by atoms with Gasteiger partial charge in [0.05, 0.1) is 11.9 Å². The van der Waals surface area contributed by atoms with E-state index in [1.807, 2.05) is 6.20 Å². The van der Waals surface area contributed by atoms with Crippen LogP contribution in [0.3, 0.4) is 0 Å². The fraction of sp³-hybridized carbons (Fsp3) is 0.778. The summed E-state index contributed by atoms with van der Waals surface area (Å²) in [5.41, 5.74) is 5.34. The van der Waals surface area contributed by atoms with Crippen molar-refractivity contribution in [1.29, 1.82) is 0 Å². The van der Waals surface area contributed by atoms with Crippen LogP contribution in [0.15, 0.2) is 6.20 Å². The first-order valence-corrected chi connectivity index (χ1v) is 13.1. The summed E-state index contributed by atoms with van der Waals surface area (Å²) in [6.07, 6.45) is 26.0. The molecule has 3 aliphatic rings. The summed E-state index contributed by atoms with van der Waals surface area (Å²) in [5, 5.41) is 3.43. The van der Waals surface area contributed by atoms with Gasteiger partial charge in [-0.25, -0.2) is 0 Å². The number of amides is 1. The predicted octanol–water partition coefficient (Wildman–Crippen LogP) is 7.48. The zero-order valence-electron chi connectivity index (χ0n) is 19.0. The number of rotatable bonds is 3. The Hall–Kier alpha value is -1.38. The van der Waals surface area contributed by atoms with Crippen LogP contribution < -0.4 is 5.32 Å². The summed E-state index contributed by atoms with van der Waals surface area (Å²) in [6.45, 7) is 0. The molecule has 0 bridgehead atoms. The molecular weight excluding hydrogens is 368 g/mol. The van der Waals surface area contributed by atoms with E-state index in [9.17, 15) is 4.79 Å². The lowest BCUT2D eigenvalue weighted by Crippen LogP contribution is -2.25. The van der Waals surface area contributed by atoms with Crippen molar-refractivity contribution >= 4 is 11.6 Å². The van der Waals surface area contributed by atoms with Crippen LogP contribution in [0.25, 0.3) is 0 Å². The van der Waals surface area contributed by atoms with Gasteiger partial charge in [-0.3, -0.25) is 9.78 Å². The molecule has 1 aromatic heterocycles. The molecule has 2 fully saturated rings. The van der Waals surface area contributed by atoms with Crippen molar-refractivity contribution in [3.63, 3.8) is 0 Å². The minimum atomic E-state index is 0.182. The predicted molar refractivity (Wildman–Crippen MR) is 125 cm³/mol. The number of nitrogens with one attached hydrogen (secondary N) is 1. The second kappa shape index (κ2) is 11.3. The Morgan fingerprint density at radius 1 is 0.733 bits per heavy atom. The second-order valence-corrected chi connectivity index (χ2v) is 10.1. The molecule has 30 heavy (non-hydrogen) atoms. The van der Waals surface area contributed by atoms with Crippen LogP contribution in [0.1, 0.15) is 132 Å². The van der Waals surface area contributed by atoms with E-state index in [-0.39, 0.29) is 11.8 Å². The van der Waals surface area contributed by atoms with Crippen molar-refractivity contribution in [3.05, 3.63) is 23.0 Å². The van der Waals surface area contributed by atoms with Gasteiger partial charge < -0.3 is 5.32 Å². The van der Waals surface area contributed by atoms with Gasteiger partial charge in [0.2, 0.25) is 5.91 Å². The molecule has 0 unspecified atom stereocenters. The van der Waals surface area contributed by atoms with Gasteiger partial charge in [-0.1, -0.05) is 77.0 Å². The largest absolute Gasteiger partial charge is 0.324 e. The van der Waals surface area contributed by atoms with Crippen LogP contribution in [-0.2, 0) is 17.6 Å². The number of pyridine rings is 1. The van der Waals surface area contributed by atoms with E-state index in [1.54, 1.807) is 0 Å². The number of carbonyl (C=O) groups is 1. The van der Waals surface area contributed by atoms with E-state index >= 15 is 0 Å². The highest BCUT2D eigenvalue weighted by Crippen LogP contribution is 2.40. The molecule has 0 aliphatic heterocycles. The monoisotopic (exact) mass is 410 g/mol. The highest BCUT2D eigenvalue weighted by atomic mass is 16.1. The number of nitrogens with zero attached hydrogens (tertiary/aromatic N) is 1. The first kappa shape index (κ1) is 21.8. The van der Waals surface area contributed by atoms with Gasteiger partial charge in [-0.2, -0.15) is 0 Å². The summed E-state index contributed by atoms with van der Waals surface area (Å²) >= 11 is 0. The first-order valence-electron chi connectivity index (χ1n) is 13.1. The zero-order chi connectivity index (χ0) is 20.6. The van der Waals surface area contributed by atoms with Crippen molar-refractivity contribution in [1.82, 2.24) is 4.98 Å². The zero-order valence-corrected chi connectivity index (χ0v) is 19.0. The van der Waals surface area contributed by atoms with Crippen molar-refractivity contribution in [2.45, 2.75) is 128 Å². The number of anilines is 1. The van der Waals surface area contributed by atoms with E-state index in [1.165, 1.54) is 113 Å². The summed E-state index contributed by atoms with van der Waals surface area (Å²) in [5.74, 6) is 1.06. The fourth-order valence-corrected chi connectivity index (χ4v) is 6.15. The summed E-state index contributed by atoms with van der Waals surface area (Å²) in [7, 11) is 0. The van der Waals surface area contributed by atoms with Crippen LogP contribution in [0, 0.1) is 5.92 Å². The number of hydrogen-bond acceptors (Lipinski definition) is 2. The molecule has 3 nitrogen and oxygen atoms in total. The van der Waals surface area contributed by atoms with Crippen molar-refractivity contribution < 1.29 is 4.79 Å². The molecule has 0 saturated heterocycles. The lowest BCUT2D eigenvalue weighted by molar-refractivity contribution is -0.120. The van der Waals surface area contributed by atoms with Crippen molar-refractivity contribution in [3.8, 4) is 0 Å². The standard InChI is InChI=1S/C27H42N2O/c30-27(22-16-11-5-2-1-3-6-12-17-22)29-25-20-28-24-19-13-18-23(24)26(25)21-14-9-7-4-8-10-15-21/h20-22H,1-19H2,(H,29,30). The van der Waals surface area contributed by atoms with E-state index in [0.29, 0.717) is 5.92 Å². The van der Waals surface area contributed by atoms with Gasteiger partial charge in [0.15, 0.2) is 0 Å². The van der Waals surface area contributed by atoms with Gasteiger partial charge in [0.1, 0.15) is 0 Å². The lowest BCUT2D eigenvalue weighted by Gasteiger charge is -2.26.